The molecule has 0 saturated carbocycles. The van der Waals surface area contributed by atoms with Crippen LogP contribution in [0.3, 0.4) is 0 Å². The standard InChI is InChI=1S/C43H66N8O10/c1-23(2)33(46-37(54)30-17-12-20-50(30)41(58)32(44)26(7)52)38(55)47-34(24(3)4)39(56)48-35(25(5)6)42(59)51-21-13-18-31(51)40(57)49-19-11-16-29(49)36(53)45-28(43(60)61)22-27-14-9-8-10-15-27/h8-10,14-15,23-26,28-35,52H,11-13,16-22,44H2,1-7H3,(H,45,53)(H,46,54)(H,47,55)(H,48,56)(H,60,61)/t26-,28+,29+,30+,31+,32+,33+,34+,35+/m1/s1. The van der Waals surface area contributed by atoms with Gasteiger partial charge in [-0.15, -0.1) is 0 Å². The average Bonchev–Trinajstić information content (AvgIpc) is 4.01. The number of nitrogens with two attached hydrogens (primary N) is 1. The van der Waals surface area contributed by atoms with Crippen LogP contribution < -0.4 is 27.0 Å². The summed E-state index contributed by atoms with van der Waals surface area (Å²) in [6, 6.07) is 0.508. The van der Waals surface area contributed by atoms with E-state index in [1.54, 1.807) is 65.8 Å². The molecule has 1 aromatic carbocycles. The van der Waals surface area contributed by atoms with Gasteiger partial charge in [0.05, 0.1) is 6.10 Å². The first-order valence-corrected chi connectivity index (χ1v) is 21.6. The average molecular weight is 855 g/mol. The summed E-state index contributed by atoms with van der Waals surface area (Å²) in [4.78, 5) is 112. The van der Waals surface area contributed by atoms with Crippen LogP contribution in [0.2, 0.25) is 0 Å². The van der Waals surface area contributed by atoms with Gasteiger partial charge in [-0.2, -0.15) is 0 Å². The number of amides is 7. The number of nitrogens with one attached hydrogen (secondary N) is 4. The van der Waals surface area contributed by atoms with Crippen molar-refractivity contribution in [2.45, 2.75) is 148 Å². The molecule has 0 aromatic heterocycles. The maximum absolute atomic E-state index is 14.3. The van der Waals surface area contributed by atoms with Gasteiger partial charge in [-0.25, -0.2) is 4.79 Å². The van der Waals surface area contributed by atoms with Gasteiger partial charge >= 0.3 is 5.97 Å². The van der Waals surface area contributed by atoms with Crippen LogP contribution in [0, 0.1) is 17.8 Å². The van der Waals surface area contributed by atoms with Gasteiger partial charge in [0.25, 0.3) is 0 Å². The normalized spacial score (nSPS) is 22.0. The van der Waals surface area contributed by atoms with Crippen LogP contribution in [0.1, 0.15) is 92.6 Å². The van der Waals surface area contributed by atoms with Gasteiger partial charge < -0.3 is 51.9 Å². The Morgan fingerprint density at radius 3 is 1.57 bits per heavy atom. The van der Waals surface area contributed by atoms with E-state index in [4.69, 9.17) is 5.73 Å². The number of carboxylic acids is 1. The van der Waals surface area contributed by atoms with Crippen LogP contribution >= 0.6 is 0 Å². The lowest BCUT2D eigenvalue weighted by Crippen LogP contribution is -2.62. The van der Waals surface area contributed by atoms with Gasteiger partial charge in [-0.05, 0) is 68.8 Å². The van der Waals surface area contributed by atoms with E-state index in [0.29, 0.717) is 38.5 Å². The molecule has 3 aliphatic heterocycles. The predicted octanol–water partition coefficient (Wildman–Crippen LogP) is -0.0980. The molecule has 18 heteroatoms. The van der Waals surface area contributed by atoms with Gasteiger partial charge in [0.2, 0.25) is 41.4 Å². The third kappa shape index (κ3) is 12.1. The number of nitrogens with zero attached hydrogens (tertiary/aromatic N) is 3. The second kappa shape index (κ2) is 21.6. The molecule has 0 aliphatic carbocycles. The molecule has 0 bridgehead atoms. The number of rotatable bonds is 18. The SMILES string of the molecule is CC(C)[C@H](NC(=O)[C@@H](NC(=O)[C@@H]1CCCN1C(=O)[C@@H](N)[C@@H](C)O)C(C)C)C(=O)N[C@H](C(=O)N1CCC[C@H]1C(=O)N1CCC[C@H]1C(=O)N[C@@H](Cc1ccccc1)C(=O)O)C(C)C. The van der Waals surface area contributed by atoms with Crippen LogP contribution in [-0.4, -0.2) is 146 Å². The number of carboxylic acid groups (broad SMARTS) is 1. The Balaban J connectivity index is 1.42. The summed E-state index contributed by atoms with van der Waals surface area (Å²) in [6.07, 6.45) is 1.53. The number of likely N-dealkylation sites (tertiary alicyclic amines) is 3. The minimum Gasteiger partial charge on any atom is -0.480 e. The number of hydrogen-bond donors (Lipinski definition) is 7. The number of aliphatic hydroxyl groups is 1. The first-order chi connectivity index (χ1) is 28.7. The molecule has 8 N–H and O–H groups in total. The zero-order chi connectivity index (χ0) is 45.3. The molecule has 0 unspecified atom stereocenters. The van der Waals surface area contributed by atoms with Crippen molar-refractivity contribution in [3.63, 3.8) is 0 Å². The van der Waals surface area contributed by atoms with Gasteiger partial charge in [0.15, 0.2) is 0 Å². The Bertz CT molecular complexity index is 1760. The van der Waals surface area contributed by atoms with E-state index >= 15 is 0 Å². The van der Waals surface area contributed by atoms with Gasteiger partial charge in [0, 0.05) is 26.1 Å². The minimum atomic E-state index is -1.21. The van der Waals surface area contributed by atoms with E-state index < -0.39 is 120 Å². The molecule has 3 saturated heterocycles. The molecule has 1 aromatic rings. The largest absolute Gasteiger partial charge is 0.480 e. The van der Waals surface area contributed by atoms with Crippen molar-refractivity contribution in [3.05, 3.63) is 35.9 Å². The Hall–Kier alpha value is -5.10. The molecule has 7 amide bonds. The first-order valence-electron chi connectivity index (χ1n) is 21.6. The summed E-state index contributed by atoms with van der Waals surface area (Å²) in [6.45, 7) is 12.6. The first kappa shape index (κ1) is 48.6. The number of aliphatic hydroxyl groups excluding tert-OH is 1. The fourth-order valence-corrected chi connectivity index (χ4v) is 8.30. The molecule has 3 aliphatic rings. The van der Waals surface area contributed by atoms with Crippen LogP contribution in [0.5, 0.6) is 0 Å². The van der Waals surface area contributed by atoms with E-state index in [9.17, 15) is 48.6 Å². The van der Waals surface area contributed by atoms with Crippen LogP contribution in [0.4, 0.5) is 0 Å². The number of carbonyl (C=O) groups is 8. The van der Waals surface area contributed by atoms with Crippen molar-refractivity contribution in [2.24, 2.45) is 23.5 Å². The molecule has 0 spiro atoms. The smallest absolute Gasteiger partial charge is 0.326 e. The van der Waals surface area contributed by atoms with Crippen molar-refractivity contribution in [1.29, 1.82) is 0 Å². The Morgan fingerprint density at radius 2 is 1.07 bits per heavy atom. The summed E-state index contributed by atoms with van der Waals surface area (Å²) in [5, 5.41) is 30.7. The maximum atomic E-state index is 14.3. The molecule has 338 valence electrons. The monoisotopic (exact) mass is 854 g/mol. The molecular weight excluding hydrogens is 789 g/mol. The number of benzene rings is 1. The topological polar surface area (TPSA) is 261 Å². The lowest BCUT2D eigenvalue weighted by atomic mass is 9.97. The van der Waals surface area contributed by atoms with Crippen LogP contribution in [-0.2, 0) is 44.8 Å². The van der Waals surface area contributed by atoms with E-state index in [1.165, 1.54) is 21.6 Å². The highest BCUT2D eigenvalue weighted by Crippen LogP contribution is 2.27. The Kier molecular flexibility index (Phi) is 17.2. The molecule has 61 heavy (non-hydrogen) atoms. The summed E-state index contributed by atoms with van der Waals surface area (Å²) >= 11 is 0. The van der Waals surface area contributed by atoms with Crippen molar-refractivity contribution < 1.29 is 48.6 Å². The third-order valence-corrected chi connectivity index (χ3v) is 11.9. The molecule has 9 atom stereocenters. The number of carbonyl (C=O) groups excluding carboxylic acids is 7. The van der Waals surface area contributed by atoms with Crippen molar-refractivity contribution >= 4 is 47.3 Å². The highest BCUT2D eigenvalue weighted by Gasteiger charge is 2.45. The Labute approximate surface area is 358 Å². The summed E-state index contributed by atoms with van der Waals surface area (Å²) in [7, 11) is 0. The quantitative estimate of drug-likeness (QED) is 0.103. The van der Waals surface area contributed by atoms with Gasteiger partial charge in [0.1, 0.15) is 48.3 Å². The molecule has 18 nitrogen and oxygen atoms in total. The molecular formula is C43H66N8O10. The van der Waals surface area contributed by atoms with E-state index in [0.717, 1.165) is 5.56 Å². The van der Waals surface area contributed by atoms with E-state index in [-0.39, 0.29) is 26.1 Å². The van der Waals surface area contributed by atoms with Gasteiger partial charge in [-0.3, -0.25) is 33.6 Å². The predicted molar refractivity (Wildman–Crippen MR) is 224 cm³/mol. The zero-order valence-corrected chi connectivity index (χ0v) is 36.5. The fourth-order valence-electron chi connectivity index (χ4n) is 8.30. The molecule has 3 fully saturated rings. The second-order valence-corrected chi connectivity index (χ2v) is 17.6. The Morgan fingerprint density at radius 1 is 0.623 bits per heavy atom. The number of aliphatic carboxylic acids is 1. The summed E-state index contributed by atoms with van der Waals surface area (Å²) < 4.78 is 0. The van der Waals surface area contributed by atoms with Crippen LogP contribution in [0.15, 0.2) is 30.3 Å². The van der Waals surface area contributed by atoms with Crippen molar-refractivity contribution in [2.75, 3.05) is 19.6 Å². The minimum absolute atomic E-state index is 0.0661. The summed E-state index contributed by atoms with van der Waals surface area (Å²) in [5.74, 6) is -6.38. The highest BCUT2D eigenvalue weighted by molar-refractivity contribution is 5.98. The third-order valence-electron chi connectivity index (χ3n) is 11.9. The van der Waals surface area contributed by atoms with E-state index in [1.807, 2.05) is 6.07 Å². The lowest BCUT2D eigenvalue weighted by molar-refractivity contribution is -0.149. The van der Waals surface area contributed by atoms with Gasteiger partial charge in [-0.1, -0.05) is 71.9 Å². The maximum Gasteiger partial charge on any atom is 0.326 e. The van der Waals surface area contributed by atoms with Crippen molar-refractivity contribution in [3.8, 4) is 0 Å². The summed E-state index contributed by atoms with van der Waals surface area (Å²) in [5.41, 5.74) is 6.61. The molecule has 0 radical (unpaired) electrons. The lowest BCUT2D eigenvalue weighted by Gasteiger charge is -2.35. The van der Waals surface area contributed by atoms with Crippen LogP contribution in [0.25, 0.3) is 0 Å². The zero-order valence-electron chi connectivity index (χ0n) is 36.5. The molecule has 4 rings (SSSR count). The molecule has 3 heterocycles. The van der Waals surface area contributed by atoms with E-state index in [2.05, 4.69) is 21.3 Å². The van der Waals surface area contributed by atoms with Crippen molar-refractivity contribution in [1.82, 2.24) is 36.0 Å². The fraction of sp³-hybridized carbons (Fsp3) is 0.674. The number of hydrogen-bond acceptors (Lipinski definition) is 10. The highest BCUT2D eigenvalue weighted by atomic mass is 16.4. The second-order valence-electron chi connectivity index (χ2n) is 17.6.